The molecule has 0 amide bonds. The van der Waals surface area contributed by atoms with Gasteiger partial charge < -0.3 is 9.90 Å². The summed E-state index contributed by atoms with van der Waals surface area (Å²) in [5.41, 5.74) is 0. The van der Waals surface area contributed by atoms with Crippen LogP contribution in [0, 0.1) is 4.91 Å². The van der Waals surface area contributed by atoms with Crippen LogP contribution >= 0.6 is 27.5 Å². The lowest BCUT2D eigenvalue weighted by molar-refractivity contribution is -0.513. The van der Waals surface area contributed by atoms with E-state index in [1.54, 1.807) is 0 Å². The Labute approximate surface area is 81.2 Å². The van der Waals surface area contributed by atoms with Gasteiger partial charge in [0.2, 0.25) is 6.20 Å². The molecule has 0 N–H and O–H groups in total. The number of halogens is 2. The summed E-state index contributed by atoms with van der Waals surface area (Å²) < 4.78 is 0.655. The molecule has 0 saturated carbocycles. The molecule has 0 aromatic rings. The van der Waals surface area contributed by atoms with E-state index in [2.05, 4.69) is 15.9 Å². The fourth-order valence-corrected chi connectivity index (χ4v) is 1.67. The summed E-state index contributed by atoms with van der Waals surface area (Å²) in [4.78, 5) is 21.3. The van der Waals surface area contributed by atoms with Crippen LogP contribution in [-0.2, 0) is 4.79 Å². The Hall–Kier alpha value is -0.680. The second kappa shape index (κ2) is 3.37. The average molecular weight is 252 g/mol. The Balaban J connectivity index is 3.03. The molecule has 6 heteroatoms. The molecule has 1 rings (SSSR count). The smallest absolute Gasteiger partial charge is 0.282 e. The van der Waals surface area contributed by atoms with Crippen molar-refractivity contribution in [1.29, 1.82) is 0 Å². The second-order valence-electron chi connectivity index (χ2n) is 2.12. The second-order valence-corrected chi connectivity index (χ2v) is 3.48. The van der Waals surface area contributed by atoms with E-state index in [-0.39, 0.29) is 9.79 Å². The molecule has 4 nitrogen and oxygen atoms in total. The maximum Gasteiger partial charge on any atom is 0.282 e. The van der Waals surface area contributed by atoms with Crippen LogP contribution in [0.2, 0.25) is 0 Å². The molecule has 0 radical (unpaired) electrons. The lowest BCUT2D eigenvalue weighted by Gasteiger charge is -2.10. The van der Waals surface area contributed by atoms with Crippen molar-refractivity contribution in [3.05, 3.63) is 26.7 Å². The maximum absolute atomic E-state index is 10.9. The molecule has 0 aromatic carbocycles. The standard InChI is InChI=1S/C6H3BrClNO3/c7-3-1-4(8)5(6(10)11)9(12)2-3/h1-2,5H. The fraction of sp³-hybridized carbons (Fsp3) is 0.167. The third-order valence-corrected chi connectivity index (χ3v) is 2.01. The zero-order valence-electron chi connectivity index (χ0n) is 5.66. The van der Waals surface area contributed by atoms with Crippen LogP contribution in [0.15, 0.2) is 21.8 Å². The quantitative estimate of drug-likeness (QED) is 0.629. The molecule has 0 fully saturated rings. The Kier molecular flexibility index (Phi) is 2.64. The summed E-state index contributed by atoms with van der Waals surface area (Å²) in [7, 11) is 0. The zero-order chi connectivity index (χ0) is 9.30. The first-order valence-corrected chi connectivity index (χ1v) is 4.10. The molecule has 12 heavy (non-hydrogen) atoms. The first kappa shape index (κ1) is 9.41. The summed E-state index contributed by atoms with van der Waals surface area (Å²) >= 11 is 8.49. The molecule has 0 spiro atoms. The average Bonchev–Trinajstić information content (AvgIpc) is 1.82. The van der Waals surface area contributed by atoms with Crippen LogP contribution < -0.4 is 5.11 Å². The number of hydrogen-bond donors (Lipinski definition) is 0. The molecule has 1 unspecified atom stereocenters. The van der Waals surface area contributed by atoms with Crippen molar-refractivity contribution >= 4 is 33.5 Å². The predicted molar refractivity (Wildman–Crippen MR) is 43.4 cm³/mol. The SMILES string of the molecule is O=C([O-])C1C(Cl)=CC(Br)=C[N+]1=O. The first-order chi connectivity index (χ1) is 5.52. The van der Waals surface area contributed by atoms with Gasteiger partial charge in [-0.2, -0.15) is 0 Å². The third-order valence-electron chi connectivity index (χ3n) is 1.27. The van der Waals surface area contributed by atoms with Gasteiger partial charge in [-0.15, -0.1) is 0 Å². The van der Waals surface area contributed by atoms with Crippen molar-refractivity contribution in [2.75, 3.05) is 0 Å². The van der Waals surface area contributed by atoms with Gasteiger partial charge in [-0.05, 0) is 22.0 Å². The van der Waals surface area contributed by atoms with Gasteiger partial charge >= 0.3 is 0 Å². The number of carbonyl (C=O) groups excluding carboxylic acids is 1. The van der Waals surface area contributed by atoms with Gasteiger partial charge in [-0.1, -0.05) is 11.6 Å². The molecule has 1 heterocycles. The van der Waals surface area contributed by atoms with E-state index >= 15 is 0 Å². The molecule has 1 aliphatic heterocycles. The normalized spacial score (nSPS) is 23.2. The Bertz CT molecular complexity index is 310. The van der Waals surface area contributed by atoms with Crippen molar-refractivity contribution in [3.63, 3.8) is 0 Å². The van der Waals surface area contributed by atoms with Gasteiger partial charge in [0.25, 0.3) is 6.04 Å². The maximum atomic E-state index is 10.9. The lowest BCUT2D eigenvalue weighted by Crippen LogP contribution is -2.42. The fourth-order valence-electron chi connectivity index (χ4n) is 0.782. The zero-order valence-corrected chi connectivity index (χ0v) is 8.00. The minimum atomic E-state index is -1.51. The number of carbonyl (C=O) groups is 1. The van der Waals surface area contributed by atoms with Crippen LogP contribution in [0.25, 0.3) is 0 Å². The van der Waals surface area contributed by atoms with E-state index in [4.69, 9.17) is 11.6 Å². The summed E-state index contributed by atoms with van der Waals surface area (Å²) in [5, 5.41) is 10.3. The van der Waals surface area contributed by atoms with Crippen LogP contribution in [0.3, 0.4) is 0 Å². The molecule has 0 bridgehead atoms. The van der Waals surface area contributed by atoms with Crippen LogP contribution in [0.5, 0.6) is 0 Å². The predicted octanol–water partition coefficient (Wildman–Crippen LogP) is 0.256. The topological polar surface area (TPSA) is 60.2 Å². The number of carboxylic acid groups (broad SMARTS) is 1. The summed E-state index contributed by atoms with van der Waals surface area (Å²) in [6.07, 6.45) is 2.42. The van der Waals surface area contributed by atoms with Gasteiger partial charge in [-0.25, -0.2) is 0 Å². The minimum Gasteiger partial charge on any atom is -0.543 e. The van der Waals surface area contributed by atoms with Crippen LogP contribution in [-0.4, -0.2) is 16.8 Å². The van der Waals surface area contributed by atoms with Crippen molar-refractivity contribution in [2.24, 2.45) is 0 Å². The number of nitroso groups, excluding NO2 is 1. The largest absolute Gasteiger partial charge is 0.543 e. The number of carboxylic acids is 1. The van der Waals surface area contributed by atoms with E-state index in [1.165, 1.54) is 6.08 Å². The number of rotatable bonds is 1. The van der Waals surface area contributed by atoms with Crippen molar-refractivity contribution in [3.8, 4) is 0 Å². The Morgan fingerprint density at radius 3 is 2.75 bits per heavy atom. The van der Waals surface area contributed by atoms with Gasteiger partial charge in [0.05, 0.1) is 9.51 Å². The molecule has 64 valence electrons. The highest BCUT2D eigenvalue weighted by Crippen LogP contribution is 2.22. The molecule has 0 aromatic heterocycles. The molecule has 0 saturated heterocycles. The molecule has 0 aliphatic carbocycles. The van der Waals surface area contributed by atoms with E-state index in [0.717, 1.165) is 6.20 Å². The highest BCUT2D eigenvalue weighted by atomic mass is 79.9. The number of allylic oxidation sites excluding steroid dienone is 2. The monoisotopic (exact) mass is 251 g/mol. The number of hydrogen-bond acceptors (Lipinski definition) is 3. The molecular formula is C6H3BrClNO3. The third kappa shape index (κ3) is 1.73. The molecular weight excluding hydrogens is 249 g/mol. The van der Waals surface area contributed by atoms with Gasteiger partial charge in [0.1, 0.15) is 5.97 Å². The van der Waals surface area contributed by atoms with Crippen molar-refractivity contribution in [2.45, 2.75) is 6.04 Å². The van der Waals surface area contributed by atoms with E-state index in [1.807, 2.05) is 0 Å². The summed E-state index contributed by atoms with van der Waals surface area (Å²) in [5.74, 6) is -1.51. The van der Waals surface area contributed by atoms with Crippen LogP contribution in [0.4, 0.5) is 0 Å². The van der Waals surface area contributed by atoms with Crippen LogP contribution in [0.1, 0.15) is 0 Å². The van der Waals surface area contributed by atoms with E-state index in [0.29, 0.717) is 4.48 Å². The Morgan fingerprint density at radius 2 is 2.33 bits per heavy atom. The Morgan fingerprint density at radius 1 is 1.75 bits per heavy atom. The highest BCUT2D eigenvalue weighted by Gasteiger charge is 2.32. The van der Waals surface area contributed by atoms with Gasteiger partial charge in [-0.3, -0.25) is 0 Å². The number of aliphatic carboxylic acids is 1. The highest BCUT2D eigenvalue weighted by molar-refractivity contribution is 9.11. The van der Waals surface area contributed by atoms with Gasteiger partial charge in [0, 0.05) is 9.67 Å². The molecule has 1 atom stereocenters. The van der Waals surface area contributed by atoms with Crippen molar-refractivity contribution < 1.29 is 14.7 Å². The van der Waals surface area contributed by atoms with Gasteiger partial charge in [0.15, 0.2) is 0 Å². The summed E-state index contributed by atoms with van der Waals surface area (Å²) in [6.45, 7) is 0. The number of nitrogens with zero attached hydrogens (tertiary/aromatic N) is 1. The summed E-state index contributed by atoms with van der Waals surface area (Å²) in [6, 6.07) is -1.42. The van der Waals surface area contributed by atoms with E-state index in [9.17, 15) is 14.8 Å². The minimum absolute atomic E-state index is 0.0700. The first-order valence-electron chi connectivity index (χ1n) is 2.93. The lowest BCUT2D eigenvalue weighted by atomic mass is 10.2. The van der Waals surface area contributed by atoms with Crippen molar-refractivity contribution in [1.82, 2.24) is 0 Å². The molecule has 1 aliphatic rings. The van der Waals surface area contributed by atoms with E-state index < -0.39 is 12.0 Å².